The highest BCUT2D eigenvalue weighted by molar-refractivity contribution is 7.92. The molecule has 11 heteroatoms. The summed E-state index contributed by atoms with van der Waals surface area (Å²) in [6, 6.07) is 16.1. The van der Waals surface area contributed by atoms with E-state index in [0.717, 1.165) is 21.7 Å². The lowest BCUT2D eigenvalue weighted by atomic mass is 10.2. The van der Waals surface area contributed by atoms with Crippen molar-refractivity contribution in [1.82, 2.24) is 0 Å². The van der Waals surface area contributed by atoms with Gasteiger partial charge in [-0.15, -0.1) is 0 Å². The fourth-order valence-corrected chi connectivity index (χ4v) is 5.74. The topological polar surface area (TPSA) is 113 Å². The van der Waals surface area contributed by atoms with Crippen molar-refractivity contribution in [2.45, 2.75) is 31.7 Å². The lowest BCUT2D eigenvalue weighted by molar-refractivity contribution is -0.116. The smallest absolute Gasteiger partial charge is 0.261 e. The van der Waals surface area contributed by atoms with Crippen molar-refractivity contribution in [2.24, 2.45) is 0 Å². The van der Waals surface area contributed by atoms with E-state index in [4.69, 9.17) is 11.6 Å². The summed E-state index contributed by atoms with van der Waals surface area (Å²) in [5, 5.41) is 3.08. The van der Waals surface area contributed by atoms with Crippen molar-refractivity contribution >= 4 is 54.6 Å². The second-order valence-corrected chi connectivity index (χ2v) is 12.1. The monoisotopic (exact) mass is 535 g/mol. The molecule has 186 valence electrons. The van der Waals surface area contributed by atoms with Crippen LogP contribution in [-0.4, -0.2) is 35.0 Å². The van der Waals surface area contributed by atoms with E-state index in [1.54, 1.807) is 36.4 Å². The SMILES string of the molecule is Cc1ccc(N([C@@H](C)C(=O)Nc2ccc(S(=O)(=O)Nc3ccc(C)c(Cl)c3)cc2)S(C)(=O)=O)cc1. The van der Waals surface area contributed by atoms with Crippen LogP contribution in [0, 0.1) is 13.8 Å². The molecule has 1 atom stereocenters. The van der Waals surface area contributed by atoms with Crippen LogP contribution in [0.1, 0.15) is 18.1 Å². The van der Waals surface area contributed by atoms with E-state index in [2.05, 4.69) is 10.0 Å². The first kappa shape index (κ1) is 26.5. The number of hydrogen-bond acceptors (Lipinski definition) is 5. The molecular weight excluding hydrogens is 510 g/mol. The van der Waals surface area contributed by atoms with Crippen LogP contribution in [0.4, 0.5) is 17.1 Å². The minimum absolute atomic E-state index is 0.0161. The van der Waals surface area contributed by atoms with Gasteiger partial charge >= 0.3 is 0 Å². The fourth-order valence-electron chi connectivity index (χ4n) is 3.34. The zero-order valence-corrected chi connectivity index (χ0v) is 22.0. The maximum atomic E-state index is 12.9. The Bertz CT molecular complexity index is 1440. The lowest BCUT2D eigenvalue weighted by Gasteiger charge is -2.28. The summed E-state index contributed by atoms with van der Waals surface area (Å²) in [7, 11) is -7.64. The van der Waals surface area contributed by atoms with Crippen LogP contribution in [0.3, 0.4) is 0 Å². The summed E-state index contributed by atoms with van der Waals surface area (Å²) in [6.07, 6.45) is 1.03. The molecule has 0 aliphatic heterocycles. The Hall–Kier alpha value is -3.08. The molecule has 0 unspecified atom stereocenters. The van der Waals surface area contributed by atoms with Crippen molar-refractivity contribution in [1.29, 1.82) is 0 Å². The summed E-state index contributed by atoms with van der Waals surface area (Å²) in [6.45, 7) is 5.16. The Balaban J connectivity index is 1.76. The molecule has 0 spiro atoms. The number of nitrogens with one attached hydrogen (secondary N) is 2. The van der Waals surface area contributed by atoms with Crippen molar-refractivity contribution in [3.63, 3.8) is 0 Å². The zero-order chi connectivity index (χ0) is 26.0. The van der Waals surface area contributed by atoms with Gasteiger partial charge < -0.3 is 5.32 Å². The highest BCUT2D eigenvalue weighted by Crippen LogP contribution is 2.24. The maximum Gasteiger partial charge on any atom is 0.261 e. The van der Waals surface area contributed by atoms with Gasteiger partial charge in [0.05, 0.1) is 22.5 Å². The molecule has 0 aliphatic rings. The van der Waals surface area contributed by atoms with Crippen molar-refractivity contribution in [3.05, 3.63) is 82.9 Å². The molecule has 3 aromatic rings. The summed E-state index contributed by atoms with van der Waals surface area (Å²) in [5.74, 6) is -0.570. The summed E-state index contributed by atoms with van der Waals surface area (Å²) in [5.41, 5.74) is 2.78. The predicted molar refractivity (Wildman–Crippen MR) is 140 cm³/mol. The molecule has 3 aromatic carbocycles. The average Bonchev–Trinajstić information content (AvgIpc) is 2.77. The molecule has 0 radical (unpaired) electrons. The molecule has 2 N–H and O–H groups in total. The molecule has 1 amide bonds. The molecule has 0 fully saturated rings. The zero-order valence-electron chi connectivity index (χ0n) is 19.6. The van der Waals surface area contributed by atoms with Gasteiger partial charge in [-0.2, -0.15) is 0 Å². The Labute approximate surface area is 211 Å². The third-order valence-electron chi connectivity index (χ3n) is 5.23. The van der Waals surface area contributed by atoms with E-state index in [1.807, 2.05) is 13.8 Å². The molecule has 35 heavy (non-hydrogen) atoms. The standard InChI is InChI=1S/C24H26ClN3O5S2/c1-16-5-11-21(12-6-16)28(34(4,30)31)18(3)24(29)26-19-9-13-22(14-10-19)35(32,33)27-20-8-7-17(2)23(25)15-20/h5-15,18,27H,1-4H3,(H,26,29)/t18-/m0/s1. The first-order valence-electron chi connectivity index (χ1n) is 10.5. The van der Waals surface area contributed by atoms with Gasteiger partial charge in [0.25, 0.3) is 10.0 Å². The number of anilines is 3. The summed E-state index contributed by atoms with van der Waals surface area (Å²) >= 11 is 6.06. The van der Waals surface area contributed by atoms with Crippen molar-refractivity contribution in [3.8, 4) is 0 Å². The Morgan fingerprint density at radius 3 is 2.00 bits per heavy atom. The van der Waals surface area contributed by atoms with E-state index in [0.29, 0.717) is 22.1 Å². The minimum atomic E-state index is -3.89. The van der Waals surface area contributed by atoms with Crippen LogP contribution >= 0.6 is 11.6 Å². The quantitative estimate of drug-likeness (QED) is 0.439. The van der Waals surface area contributed by atoms with E-state index in [-0.39, 0.29) is 4.90 Å². The van der Waals surface area contributed by atoms with Crippen LogP contribution < -0.4 is 14.3 Å². The highest BCUT2D eigenvalue weighted by Gasteiger charge is 2.29. The number of aryl methyl sites for hydroxylation is 2. The first-order chi connectivity index (χ1) is 16.3. The molecule has 0 heterocycles. The average molecular weight is 536 g/mol. The highest BCUT2D eigenvalue weighted by atomic mass is 35.5. The summed E-state index contributed by atoms with van der Waals surface area (Å²) in [4.78, 5) is 12.8. The number of carbonyl (C=O) groups excluding carboxylic acids is 1. The molecular formula is C24H26ClN3O5S2. The molecule has 0 aromatic heterocycles. The number of rotatable bonds is 8. The summed E-state index contributed by atoms with van der Waals surface area (Å²) < 4.78 is 53.8. The normalized spacial score (nSPS) is 12.6. The van der Waals surface area contributed by atoms with Gasteiger partial charge in [-0.05, 0) is 74.9 Å². The van der Waals surface area contributed by atoms with Gasteiger partial charge in [0.15, 0.2) is 0 Å². The fraction of sp³-hybridized carbons (Fsp3) is 0.208. The first-order valence-corrected chi connectivity index (χ1v) is 14.2. The molecule has 0 saturated carbocycles. The van der Waals surface area contributed by atoms with Gasteiger partial charge in [0.2, 0.25) is 15.9 Å². The van der Waals surface area contributed by atoms with E-state index in [1.165, 1.54) is 37.3 Å². The van der Waals surface area contributed by atoms with Crippen LogP contribution in [0.15, 0.2) is 71.6 Å². The molecule has 0 bridgehead atoms. The van der Waals surface area contributed by atoms with Crippen molar-refractivity contribution in [2.75, 3.05) is 20.6 Å². The van der Waals surface area contributed by atoms with Gasteiger partial charge in [-0.25, -0.2) is 16.8 Å². The Kier molecular flexibility index (Phi) is 7.78. The number of amides is 1. The number of benzene rings is 3. The molecule has 0 aliphatic carbocycles. The number of halogens is 1. The van der Waals surface area contributed by atoms with E-state index in [9.17, 15) is 21.6 Å². The minimum Gasteiger partial charge on any atom is -0.324 e. The second-order valence-electron chi connectivity index (χ2n) is 8.15. The number of sulfonamides is 2. The van der Waals surface area contributed by atoms with E-state index < -0.39 is 32.0 Å². The predicted octanol–water partition coefficient (Wildman–Crippen LogP) is 4.55. The van der Waals surface area contributed by atoms with Crippen LogP contribution in [0.2, 0.25) is 5.02 Å². The molecule has 0 saturated heterocycles. The van der Waals surface area contributed by atoms with Crippen molar-refractivity contribution < 1.29 is 21.6 Å². The van der Waals surface area contributed by atoms with Crippen LogP contribution in [0.5, 0.6) is 0 Å². The Morgan fingerprint density at radius 2 is 1.46 bits per heavy atom. The largest absolute Gasteiger partial charge is 0.324 e. The molecule has 3 rings (SSSR count). The van der Waals surface area contributed by atoms with Gasteiger partial charge in [0, 0.05) is 10.7 Å². The van der Waals surface area contributed by atoms with E-state index >= 15 is 0 Å². The van der Waals surface area contributed by atoms with Gasteiger partial charge in [-0.1, -0.05) is 35.4 Å². The Morgan fingerprint density at radius 1 is 0.886 bits per heavy atom. The second kappa shape index (κ2) is 10.3. The molecule has 8 nitrogen and oxygen atoms in total. The third-order valence-corrected chi connectivity index (χ3v) is 8.28. The number of carbonyl (C=O) groups is 1. The van der Waals surface area contributed by atoms with Gasteiger partial charge in [-0.3, -0.25) is 13.8 Å². The third kappa shape index (κ3) is 6.53. The van der Waals surface area contributed by atoms with Gasteiger partial charge in [0.1, 0.15) is 6.04 Å². The number of hydrogen-bond donors (Lipinski definition) is 2. The van der Waals surface area contributed by atoms with Crippen LogP contribution in [0.25, 0.3) is 0 Å². The number of nitrogens with zero attached hydrogens (tertiary/aromatic N) is 1. The van der Waals surface area contributed by atoms with Crippen LogP contribution in [-0.2, 0) is 24.8 Å². The maximum absolute atomic E-state index is 12.9. The lowest BCUT2D eigenvalue weighted by Crippen LogP contribution is -2.45.